The monoisotopic (exact) mass is 331 g/mol. The van der Waals surface area contributed by atoms with E-state index in [1.165, 1.54) is 7.11 Å². The quantitative estimate of drug-likeness (QED) is 0.756. The SMILES string of the molecule is COC(=O)CCCS(=O)(=O)NC1CCCCC1C(F)(F)F. The lowest BCUT2D eigenvalue weighted by Gasteiger charge is -2.33. The van der Waals surface area contributed by atoms with Crippen LogP contribution in [0, 0.1) is 5.92 Å². The Balaban J connectivity index is 2.57. The van der Waals surface area contributed by atoms with Crippen molar-refractivity contribution in [1.29, 1.82) is 0 Å². The molecule has 2 unspecified atom stereocenters. The molecule has 0 saturated heterocycles. The molecule has 1 saturated carbocycles. The zero-order valence-corrected chi connectivity index (χ0v) is 12.6. The number of hydrogen-bond acceptors (Lipinski definition) is 4. The van der Waals surface area contributed by atoms with Crippen LogP contribution in [0.4, 0.5) is 13.2 Å². The molecule has 1 N–H and O–H groups in total. The molecule has 2 atom stereocenters. The highest BCUT2D eigenvalue weighted by molar-refractivity contribution is 7.89. The van der Waals surface area contributed by atoms with E-state index in [4.69, 9.17) is 0 Å². The van der Waals surface area contributed by atoms with Gasteiger partial charge in [-0.05, 0) is 19.3 Å². The summed E-state index contributed by atoms with van der Waals surface area (Å²) in [4.78, 5) is 10.9. The van der Waals surface area contributed by atoms with Crippen LogP contribution in [-0.4, -0.2) is 39.5 Å². The first-order valence-corrected chi connectivity index (χ1v) is 8.44. The topological polar surface area (TPSA) is 72.5 Å². The Morgan fingerprint density at radius 1 is 1.29 bits per heavy atom. The van der Waals surface area contributed by atoms with Crippen molar-refractivity contribution in [3.8, 4) is 0 Å². The van der Waals surface area contributed by atoms with Crippen molar-refractivity contribution in [2.75, 3.05) is 12.9 Å². The molecule has 21 heavy (non-hydrogen) atoms. The minimum atomic E-state index is -4.40. The summed E-state index contributed by atoms with van der Waals surface area (Å²) in [5.41, 5.74) is 0. The van der Waals surface area contributed by atoms with Gasteiger partial charge in [0.2, 0.25) is 10.0 Å². The van der Waals surface area contributed by atoms with Crippen LogP contribution in [0.25, 0.3) is 0 Å². The maximum Gasteiger partial charge on any atom is 0.393 e. The minimum Gasteiger partial charge on any atom is -0.469 e. The standard InChI is InChI=1S/C12H20F3NO4S/c1-20-11(17)7-4-8-21(18,19)16-10-6-3-2-5-9(10)12(13,14)15/h9-10,16H,2-8H2,1H3. The maximum atomic E-state index is 12.9. The Kier molecular flexibility index (Phi) is 6.45. The van der Waals surface area contributed by atoms with E-state index in [1.54, 1.807) is 0 Å². The lowest BCUT2D eigenvalue weighted by Crippen LogP contribution is -2.48. The molecule has 0 heterocycles. The molecule has 1 fully saturated rings. The van der Waals surface area contributed by atoms with Crippen LogP contribution in [0.3, 0.4) is 0 Å². The third-order valence-electron chi connectivity index (χ3n) is 3.54. The van der Waals surface area contributed by atoms with Crippen LogP contribution in [0.2, 0.25) is 0 Å². The molecule has 5 nitrogen and oxygen atoms in total. The summed E-state index contributed by atoms with van der Waals surface area (Å²) in [6.45, 7) is 0. The van der Waals surface area contributed by atoms with Crippen molar-refractivity contribution < 1.29 is 31.1 Å². The van der Waals surface area contributed by atoms with E-state index in [1.807, 2.05) is 0 Å². The molecular formula is C12H20F3NO4S. The van der Waals surface area contributed by atoms with Crippen LogP contribution in [0.15, 0.2) is 0 Å². The first kappa shape index (κ1) is 18.2. The van der Waals surface area contributed by atoms with Crippen LogP contribution in [-0.2, 0) is 19.6 Å². The lowest BCUT2D eigenvalue weighted by atomic mass is 9.85. The average molecular weight is 331 g/mol. The first-order chi connectivity index (χ1) is 9.65. The van der Waals surface area contributed by atoms with Gasteiger partial charge in [-0.1, -0.05) is 12.8 Å². The predicted molar refractivity (Wildman–Crippen MR) is 70.0 cm³/mol. The smallest absolute Gasteiger partial charge is 0.393 e. The molecule has 124 valence electrons. The van der Waals surface area contributed by atoms with E-state index in [9.17, 15) is 26.4 Å². The fraction of sp³-hybridized carbons (Fsp3) is 0.917. The normalized spacial score (nSPS) is 23.8. The van der Waals surface area contributed by atoms with Gasteiger partial charge in [0.25, 0.3) is 0 Å². The summed E-state index contributed by atoms with van der Waals surface area (Å²) in [5.74, 6) is -2.57. The van der Waals surface area contributed by atoms with Gasteiger partial charge in [0.05, 0.1) is 18.8 Å². The number of nitrogens with one attached hydrogen (secondary N) is 1. The van der Waals surface area contributed by atoms with Crippen molar-refractivity contribution in [3.63, 3.8) is 0 Å². The molecule has 0 aromatic rings. The van der Waals surface area contributed by atoms with Crippen molar-refractivity contribution in [1.82, 2.24) is 4.72 Å². The zero-order chi connectivity index (χ0) is 16.1. The maximum absolute atomic E-state index is 12.9. The first-order valence-electron chi connectivity index (χ1n) is 6.79. The average Bonchev–Trinajstić information content (AvgIpc) is 2.37. The summed E-state index contributed by atoms with van der Waals surface area (Å²) >= 11 is 0. The highest BCUT2D eigenvalue weighted by Crippen LogP contribution is 2.37. The second kappa shape index (κ2) is 7.44. The number of methoxy groups -OCH3 is 1. The van der Waals surface area contributed by atoms with Gasteiger partial charge in [0.15, 0.2) is 0 Å². The Hall–Kier alpha value is -0.830. The fourth-order valence-corrected chi connectivity index (χ4v) is 3.85. The number of alkyl halides is 3. The van der Waals surface area contributed by atoms with E-state index >= 15 is 0 Å². The van der Waals surface area contributed by atoms with Gasteiger partial charge in [-0.2, -0.15) is 13.2 Å². The third-order valence-corrected chi connectivity index (χ3v) is 5.03. The van der Waals surface area contributed by atoms with E-state index in [0.29, 0.717) is 12.8 Å². The summed E-state index contributed by atoms with van der Waals surface area (Å²) in [5, 5.41) is 0. The van der Waals surface area contributed by atoms with Gasteiger partial charge in [0.1, 0.15) is 0 Å². The summed E-state index contributed by atoms with van der Waals surface area (Å²) < 4.78 is 68.8. The Bertz CT molecular complexity index is 450. The van der Waals surface area contributed by atoms with E-state index in [-0.39, 0.29) is 31.4 Å². The molecular weight excluding hydrogens is 311 g/mol. The summed E-state index contributed by atoms with van der Waals surface area (Å²) in [7, 11) is -2.65. The number of carbonyl (C=O) groups is 1. The van der Waals surface area contributed by atoms with Crippen LogP contribution in [0.5, 0.6) is 0 Å². The molecule has 0 aliphatic heterocycles. The second-order valence-corrected chi connectivity index (χ2v) is 7.03. The number of carbonyl (C=O) groups excluding carboxylic acids is 1. The Morgan fingerprint density at radius 3 is 2.48 bits per heavy atom. The molecule has 0 aromatic heterocycles. The molecule has 0 radical (unpaired) electrons. The fourth-order valence-electron chi connectivity index (χ4n) is 2.46. The summed E-state index contributed by atoms with van der Waals surface area (Å²) in [6.07, 6.45) is -3.32. The van der Waals surface area contributed by atoms with Crippen molar-refractivity contribution in [3.05, 3.63) is 0 Å². The number of halogens is 3. The van der Waals surface area contributed by atoms with Crippen LogP contribution in [0.1, 0.15) is 38.5 Å². The number of sulfonamides is 1. The largest absolute Gasteiger partial charge is 0.469 e. The van der Waals surface area contributed by atoms with Crippen molar-refractivity contribution in [2.24, 2.45) is 5.92 Å². The van der Waals surface area contributed by atoms with Gasteiger partial charge in [0, 0.05) is 12.5 Å². The highest BCUT2D eigenvalue weighted by atomic mass is 32.2. The number of hydrogen-bond donors (Lipinski definition) is 1. The molecule has 1 aliphatic rings. The zero-order valence-electron chi connectivity index (χ0n) is 11.8. The molecule has 1 aliphatic carbocycles. The number of esters is 1. The highest BCUT2D eigenvalue weighted by Gasteiger charge is 2.46. The van der Waals surface area contributed by atoms with E-state index < -0.39 is 34.1 Å². The lowest BCUT2D eigenvalue weighted by molar-refractivity contribution is -0.187. The Morgan fingerprint density at radius 2 is 1.90 bits per heavy atom. The van der Waals surface area contributed by atoms with Crippen LogP contribution >= 0.6 is 0 Å². The Labute approximate surface area is 122 Å². The van der Waals surface area contributed by atoms with Gasteiger partial charge in [-0.15, -0.1) is 0 Å². The molecule has 0 bridgehead atoms. The second-order valence-electron chi connectivity index (χ2n) is 5.16. The minimum absolute atomic E-state index is 0.0193. The molecule has 0 spiro atoms. The van der Waals surface area contributed by atoms with Crippen LogP contribution < -0.4 is 4.72 Å². The van der Waals surface area contributed by atoms with E-state index in [2.05, 4.69) is 9.46 Å². The number of ether oxygens (including phenoxy) is 1. The molecule has 9 heteroatoms. The van der Waals surface area contributed by atoms with Gasteiger partial charge >= 0.3 is 12.1 Å². The van der Waals surface area contributed by atoms with Gasteiger partial charge < -0.3 is 4.74 Å². The third kappa shape index (κ3) is 6.21. The van der Waals surface area contributed by atoms with Crippen molar-refractivity contribution >= 4 is 16.0 Å². The molecule has 1 rings (SSSR count). The number of rotatable bonds is 6. The van der Waals surface area contributed by atoms with Crippen molar-refractivity contribution in [2.45, 2.75) is 50.7 Å². The van der Waals surface area contributed by atoms with E-state index in [0.717, 1.165) is 0 Å². The van der Waals surface area contributed by atoms with Gasteiger partial charge in [-0.3, -0.25) is 4.79 Å². The van der Waals surface area contributed by atoms with Gasteiger partial charge in [-0.25, -0.2) is 13.1 Å². The molecule has 0 aromatic carbocycles. The summed E-state index contributed by atoms with van der Waals surface area (Å²) in [6, 6.07) is -1.11. The predicted octanol–water partition coefficient (Wildman–Crippen LogP) is 1.98. The molecule has 0 amide bonds.